The highest BCUT2D eigenvalue weighted by Gasteiger charge is 2.48. The van der Waals surface area contributed by atoms with Crippen molar-refractivity contribution < 1.29 is 4.79 Å². The van der Waals surface area contributed by atoms with Crippen molar-refractivity contribution in [3.05, 3.63) is 71.3 Å². The van der Waals surface area contributed by atoms with Gasteiger partial charge in [-0.05, 0) is 48.4 Å². The summed E-state index contributed by atoms with van der Waals surface area (Å²) in [6.07, 6.45) is 0.990. The number of nitrogens with two attached hydrogens (primary N) is 1. The molecule has 0 radical (unpaired) electrons. The maximum absolute atomic E-state index is 13.0. The second-order valence-electron chi connectivity index (χ2n) is 7.56. The summed E-state index contributed by atoms with van der Waals surface area (Å²) in [6.45, 7) is 4.38. The van der Waals surface area contributed by atoms with Gasteiger partial charge in [-0.2, -0.15) is 0 Å². The molecule has 2 N–H and O–H groups in total. The molecule has 2 aromatic rings. The second kappa shape index (κ2) is 7.81. The van der Waals surface area contributed by atoms with Crippen molar-refractivity contribution in [3.8, 4) is 0 Å². The van der Waals surface area contributed by atoms with Crippen LogP contribution < -0.4 is 5.73 Å². The van der Waals surface area contributed by atoms with Crippen LogP contribution in [0.3, 0.4) is 0 Å². The molecule has 1 saturated carbocycles. The van der Waals surface area contributed by atoms with Crippen LogP contribution in [0.2, 0.25) is 0 Å². The Morgan fingerprint density at radius 3 is 2.42 bits per heavy atom. The molecule has 4 rings (SSSR count). The maximum atomic E-state index is 13.0. The van der Waals surface area contributed by atoms with Gasteiger partial charge >= 0.3 is 0 Å². The van der Waals surface area contributed by atoms with Crippen LogP contribution in [-0.4, -0.2) is 30.4 Å². The molecule has 1 aliphatic heterocycles. The summed E-state index contributed by atoms with van der Waals surface area (Å²) in [5.41, 5.74) is 9.96. The normalized spacial score (nSPS) is 27.1. The molecule has 2 fully saturated rings. The summed E-state index contributed by atoms with van der Waals surface area (Å²) in [5.74, 6) is 1.62. The van der Waals surface area contributed by atoms with Crippen LogP contribution in [0.4, 0.5) is 0 Å². The number of hydrogen-bond donors (Lipinski definition) is 1. The van der Waals surface area contributed by atoms with E-state index in [0.717, 1.165) is 19.5 Å². The number of amides is 1. The SMILES string of the molecule is Cc1ccccc1C1CC1C(=O)N1C[C@@H](CN)[C@H](c2ccccc2)C1.Cl. The molecule has 4 atom stereocenters. The standard InChI is InChI=1S/C22H26N2O.ClH/c1-15-7-5-6-10-18(15)19-11-20(19)22(25)24-13-17(12-23)21(14-24)16-8-3-2-4-9-16;/h2-10,17,19-21H,11-14,23H2,1H3;1H/t17-,19?,20?,21+;/m1./s1. The van der Waals surface area contributed by atoms with Crippen LogP contribution in [-0.2, 0) is 4.79 Å². The molecule has 2 unspecified atom stereocenters. The van der Waals surface area contributed by atoms with Gasteiger partial charge in [0.15, 0.2) is 0 Å². The average molecular weight is 371 g/mol. The Bertz CT molecular complexity index is 764. The number of nitrogens with zero attached hydrogens (tertiary/aromatic N) is 1. The Kier molecular flexibility index (Phi) is 5.69. The van der Waals surface area contributed by atoms with Gasteiger partial charge in [-0.1, -0.05) is 54.6 Å². The quantitative estimate of drug-likeness (QED) is 0.891. The third kappa shape index (κ3) is 3.51. The lowest BCUT2D eigenvalue weighted by Crippen LogP contribution is -2.31. The van der Waals surface area contributed by atoms with E-state index >= 15 is 0 Å². The zero-order valence-corrected chi connectivity index (χ0v) is 16.0. The Morgan fingerprint density at radius 1 is 1.04 bits per heavy atom. The van der Waals surface area contributed by atoms with E-state index in [0.29, 0.717) is 30.2 Å². The average Bonchev–Trinajstić information content (AvgIpc) is 3.32. The number of carbonyl (C=O) groups excluding carboxylic acids is 1. The number of benzene rings is 2. The highest BCUT2D eigenvalue weighted by atomic mass is 35.5. The van der Waals surface area contributed by atoms with Crippen LogP contribution in [0.5, 0.6) is 0 Å². The van der Waals surface area contributed by atoms with Crippen molar-refractivity contribution >= 4 is 18.3 Å². The van der Waals surface area contributed by atoms with Crippen LogP contribution in [0.25, 0.3) is 0 Å². The van der Waals surface area contributed by atoms with Crippen molar-refractivity contribution in [2.45, 2.75) is 25.2 Å². The first-order valence-electron chi connectivity index (χ1n) is 9.28. The molecular formula is C22H27ClN2O. The van der Waals surface area contributed by atoms with E-state index in [1.807, 2.05) is 6.07 Å². The molecule has 1 saturated heterocycles. The number of rotatable bonds is 4. The van der Waals surface area contributed by atoms with Crippen molar-refractivity contribution in [3.63, 3.8) is 0 Å². The highest BCUT2D eigenvalue weighted by molar-refractivity contribution is 5.85. The maximum Gasteiger partial charge on any atom is 0.226 e. The van der Waals surface area contributed by atoms with Gasteiger partial charge in [0, 0.05) is 24.9 Å². The lowest BCUT2D eigenvalue weighted by atomic mass is 9.89. The third-order valence-electron chi connectivity index (χ3n) is 5.98. The molecule has 138 valence electrons. The van der Waals surface area contributed by atoms with E-state index < -0.39 is 0 Å². The van der Waals surface area contributed by atoms with E-state index in [2.05, 4.69) is 60.4 Å². The monoisotopic (exact) mass is 370 g/mol. The summed E-state index contributed by atoms with van der Waals surface area (Å²) < 4.78 is 0. The van der Waals surface area contributed by atoms with Crippen LogP contribution in [0.1, 0.15) is 34.9 Å². The zero-order chi connectivity index (χ0) is 17.4. The van der Waals surface area contributed by atoms with Crippen molar-refractivity contribution in [1.82, 2.24) is 4.90 Å². The first-order valence-corrected chi connectivity index (χ1v) is 9.28. The van der Waals surface area contributed by atoms with Gasteiger partial charge in [-0.25, -0.2) is 0 Å². The number of halogens is 1. The van der Waals surface area contributed by atoms with Crippen molar-refractivity contribution in [2.24, 2.45) is 17.6 Å². The molecule has 3 nitrogen and oxygen atoms in total. The molecule has 4 heteroatoms. The van der Waals surface area contributed by atoms with Gasteiger partial charge in [0.1, 0.15) is 0 Å². The van der Waals surface area contributed by atoms with Crippen molar-refractivity contribution in [2.75, 3.05) is 19.6 Å². The lowest BCUT2D eigenvalue weighted by Gasteiger charge is -2.17. The third-order valence-corrected chi connectivity index (χ3v) is 5.98. The van der Waals surface area contributed by atoms with Crippen molar-refractivity contribution in [1.29, 1.82) is 0 Å². The number of hydrogen-bond acceptors (Lipinski definition) is 2. The first kappa shape index (κ1) is 18.9. The molecule has 0 spiro atoms. The summed E-state index contributed by atoms with van der Waals surface area (Å²) in [5, 5.41) is 0. The van der Waals surface area contributed by atoms with Crippen LogP contribution >= 0.6 is 12.4 Å². The number of aryl methyl sites for hydroxylation is 1. The predicted octanol–water partition coefficient (Wildman–Crippen LogP) is 3.72. The fraction of sp³-hybridized carbons (Fsp3) is 0.409. The van der Waals surface area contributed by atoms with Gasteiger partial charge in [0.05, 0.1) is 0 Å². The minimum atomic E-state index is 0. The second-order valence-corrected chi connectivity index (χ2v) is 7.56. The Labute approximate surface area is 162 Å². The largest absolute Gasteiger partial charge is 0.341 e. The lowest BCUT2D eigenvalue weighted by molar-refractivity contribution is -0.131. The molecule has 0 bridgehead atoms. The van der Waals surface area contributed by atoms with E-state index in [1.165, 1.54) is 16.7 Å². The van der Waals surface area contributed by atoms with Gasteiger partial charge in [-0.15, -0.1) is 12.4 Å². The van der Waals surface area contributed by atoms with E-state index in [4.69, 9.17) is 5.73 Å². The molecule has 2 aromatic carbocycles. The predicted molar refractivity (Wildman–Crippen MR) is 108 cm³/mol. The summed E-state index contributed by atoms with van der Waals surface area (Å²) in [4.78, 5) is 15.1. The number of carbonyl (C=O) groups is 1. The van der Waals surface area contributed by atoms with Crippen LogP contribution in [0.15, 0.2) is 54.6 Å². The van der Waals surface area contributed by atoms with Crippen LogP contribution in [0, 0.1) is 18.8 Å². The molecule has 1 amide bonds. The zero-order valence-electron chi connectivity index (χ0n) is 15.2. The summed E-state index contributed by atoms with van der Waals surface area (Å²) in [7, 11) is 0. The van der Waals surface area contributed by atoms with E-state index in [9.17, 15) is 4.79 Å². The Morgan fingerprint density at radius 2 is 1.73 bits per heavy atom. The Balaban J connectivity index is 0.00000196. The molecule has 26 heavy (non-hydrogen) atoms. The molecule has 1 heterocycles. The van der Waals surface area contributed by atoms with Gasteiger partial charge in [0.25, 0.3) is 0 Å². The minimum Gasteiger partial charge on any atom is -0.341 e. The molecule has 1 aliphatic carbocycles. The molecular weight excluding hydrogens is 344 g/mol. The summed E-state index contributed by atoms with van der Waals surface area (Å²) in [6, 6.07) is 19.0. The Hall–Kier alpha value is -1.84. The topological polar surface area (TPSA) is 46.3 Å². The van der Waals surface area contributed by atoms with E-state index in [-0.39, 0.29) is 18.3 Å². The van der Waals surface area contributed by atoms with E-state index in [1.54, 1.807) is 0 Å². The van der Waals surface area contributed by atoms with Gasteiger partial charge in [-0.3, -0.25) is 4.79 Å². The molecule has 0 aromatic heterocycles. The fourth-order valence-electron chi connectivity index (χ4n) is 4.42. The minimum absolute atomic E-state index is 0. The molecule has 2 aliphatic rings. The van der Waals surface area contributed by atoms with Gasteiger partial charge < -0.3 is 10.6 Å². The summed E-state index contributed by atoms with van der Waals surface area (Å²) >= 11 is 0. The number of likely N-dealkylation sites (tertiary alicyclic amines) is 1. The van der Waals surface area contributed by atoms with Gasteiger partial charge in [0.2, 0.25) is 5.91 Å². The first-order chi connectivity index (χ1) is 12.2. The highest BCUT2D eigenvalue weighted by Crippen LogP contribution is 2.50. The fourth-order valence-corrected chi connectivity index (χ4v) is 4.42. The smallest absolute Gasteiger partial charge is 0.226 e.